The van der Waals surface area contributed by atoms with Gasteiger partial charge in [-0.1, -0.05) is 49.4 Å². The largest absolute Gasteiger partial charge is 0.457 e. The normalized spacial score (nSPS) is 11.7. The lowest BCUT2D eigenvalue weighted by Gasteiger charge is -2.11. The number of esters is 1. The van der Waals surface area contributed by atoms with Crippen LogP contribution in [0.1, 0.15) is 22.8 Å². The third kappa shape index (κ3) is 4.52. The van der Waals surface area contributed by atoms with E-state index in [1.165, 1.54) is 12.1 Å². The number of ketones is 1. The molecule has 2 rings (SSSR count). The van der Waals surface area contributed by atoms with E-state index < -0.39 is 11.9 Å². The summed E-state index contributed by atoms with van der Waals surface area (Å²) < 4.78 is 18.1. The van der Waals surface area contributed by atoms with Gasteiger partial charge in [0.25, 0.3) is 0 Å². The molecule has 0 saturated carbocycles. The molecule has 0 aromatic heterocycles. The molecule has 1 unspecified atom stereocenters. The van der Waals surface area contributed by atoms with Crippen LogP contribution in [0.3, 0.4) is 0 Å². The highest BCUT2D eigenvalue weighted by molar-refractivity contribution is 5.97. The van der Waals surface area contributed by atoms with Gasteiger partial charge in [-0.2, -0.15) is 0 Å². The Hall–Kier alpha value is -2.49. The van der Waals surface area contributed by atoms with E-state index >= 15 is 0 Å². The van der Waals surface area contributed by atoms with E-state index in [9.17, 15) is 14.0 Å². The molecule has 0 spiro atoms. The molecular formula is C18H17FO3. The van der Waals surface area contributed by atoms with E-state index in [4.69, 9.17) is 4.74 Å². The summed E-state index contributed by atoms with van der Waals surface area (Å²) in [5, 5.41) is 0. The molecule has 0 amide bonds. The summed E-state index contributed by atoms with van der Waals surface area (Å²) in [5.41, 5.74) is 1.23. The second-order valence-corrected chi connectivity index (χ2v) is 5.13. The Balaban J connectivity index is 1.85. The molecule has 2 aromatic carbocycles. The molecule has 0 saturated heterocycles. The van der Waals surface area contributed by atoms with Gasteiger partial charge in [-0.25, -0.2) is 4.39 Å². The average Bonchev–Trinajstić information content (AvgIpc) is 2.53. The first kappa shape index (κ1) is 15.9. The molecular weight excluding hydrogens is 283 g/mol. The van der Waals surface area contributed by atoms with E-state index in [1.807, 2.05) is 6.07 Å². The molecule has 0 bridgehead atoms. The summed E-state index contributed by atoms with van der Waals surface area (Å²) in [6, 6.07) is 14.7. The maximum atomic E-state index is 13.1. The monoisotopic (exact) mass is 300 g/mol. The standard InChI is InChI=1S/C18H17FO3/c1-13(10-14-6-5-9-16(19)11-14)18(21)22-12-17(20)15-7-3-2-4-8-15/h2-9,11,13H,10,12H2,1H3. The Bertz CT molecular complexity index is 652. The fraction of sp³-hybridized carbons (Fsp3) is 0.222. The third-order valence-electron chi connectivity index (χ3n) is 3.27. The molecule has 1 atom stereocenters. The first-order valence-corrected chi connectivity index (χ1v) is 7.05. The fourth-order valence-electron chi connectivity index (χ4n) is 2.09. The minimum absolute atomic E-state index is 0.244. The third-order valence-corrected chi connectivity index (χ3v) is 3.27. The van der Waals surface area contributed by atoms with Gasteiger partial charge in [0.1, 0.15) is 5.82 Å². The Kier molecular flexibility index (Phi) is 5.42. The van der Waals surface area contributed by atoms with Crippen molar-refractivity contribution in [3.8, 4) is 0 Å². The molecule has 0 heterocycles. The molecule has 0 N–H and O–H groups in total. The minimum Gasteiger partial charge on any atom is -0.457 e. The van der Waals surface area contributed by atoms with Gasteiger partial charge in [-0.3, -0.25) is 9.59 Å². The lowest BCUT2D eigenvalue weighted by atomic mass is 10.0. The van der Waals surface area contributed by atoms with E-state index in [0.29, 0.717) is 12.0 Å². The summed E-state index contributed by atoms with van der Waals surface area (Å²) in [7, 11) is 0. The number of carbonyl (C=O) groups excluding carboxylic acids is 2. The van der Waals surface area contributed by atoms with Crippen molar-refractivity contribution < 1.29 is 18.7 Å². The SMILES string of the molecule is CC(Cc1cccc(F)c1)C(=O)OCC(=O)c1ccccc1. The smallest absolute Gasteiger partial charge is 0.309 e. The molecule has 0 aliphatic rings. The van der Waals surface area contributed by atoms with Gasteiger partial charge >= 0.3 is 5.97 Å². The maximum Gasteiger partial charge on any atom is 0.309 e. The molecule has 3 nitrogen and oxygen atoms in total. The highest BCUT2D eigenvalue weighted by Crippen LogP contribution is 2.12. The van der Waals surface area contributed by atoms with Crippen LogP contribution in [0.5, 0.6) is 0 Å². The number of rotatable bonds is 6. The zero-order valence-electron chi connectivity index (χ0n) is 12.3. The van der Waals surface area contributed by atoms with Crippen molar-refractivity contribution in [3.05, 3.63) is 71.5 Å². The number of hydrogen-bond acceptors (Lipinski definition) is 3. The Morgan fingerprint density at radius 1 is 1.09 bits per heavy atom. The summed E-state index contributed by atoms with van der Waals surface area (Å²) >= 11 is 0. The summed E-state index contributed by atoms with van der Waals surface area (Å²) in [6.45, 7) is 1.41. The molecule has 22 heavy (non-hydrogen) atoms. The van der Waals surface area contributed by atoms with Crippen LogP contribution in [0.25, 0.3) is 0 Å². The van der Waals surface area contributed by atoms with Crippen LogP contribution < -0.4 is 0 Å². The molecule has 114 valence electrons. The summed E-state index contributed by atoms with van der Waals surface area (Å²) in [5.74, 6) is -1.48. The quantitative estimate of drug-likeness (QED) is 0.606. The Morgan fingerprint density at radius 2 is 1.82 bits per heavy atom. The lowest BCUT2D eigenvalue weighted by Crippen LogP contribution is -2.21. The van der Waals surface area contributed by atoms with Crippen LogP contribution >= 0.6 is 0 Å². The van der Waals surface area contributed by atoms with E-state index in [0.717, 1.165) is 5.56 Å². The maximum absolute atomic E-state index is 13.1. The van der Waals surface area contributed by atoms with Crippen molar-refractivity contribution in [3.63, 3.8) is 0 Å². The molecule has 0 fully saturated rings. The molecule has 0 aliphatic heterocycles. The zero-order chi connectivity index (χ0) is 15.9. The fourth-order valence-corrected chi connectivity index (χ4v) is 2.09. The number of Topliss-reactive ketones (excluding diaryl/α,β-unsaturated/α-hetero) is 1. The number of ether oxygens (including phenoxy) is 1. The number of hydrogen-bond donors (Lipinski definition) is 0. The lowest BCUT2D eigenvalue weighted by molar-refractivity contribution is -0.146. The first-order valence-electron chi connectivity index (χ1n) is 7.05. The average molecular weight is 300 g/mol. The predicted octanol–water partition coefficient (Wildman–Crippen LogP) is 3.43. The van der Waals surface area contributed by atoms with Crippen LogP contribution in [0.2, 0.25) is 0 Å². The van der Waals surface area contributed by atoms with Crippen molar-refractivity contribution in [1.82, 2.24) is 0 Å². The van der Waals surface area contributed by atoms with E-state index in [1.54, 1.807) is 43.3 Å². The van der Waals surface area contributed by atoms with E-state index in [2.05, 4.69) is 0 Å². The van der Waals surface area contributed by atoms with Crippen molar-refractivity contribution >= 4 is 11.8 Å². The van der Waals surface area contributed by atoms with Crippen LogP contribution in [0, 0.1) is 11.7 Å². The van der Waals surface area contributed by atoms with Crippen LogP contribution in [-0.2, 0) is 16.0 Å². The number of carbonyl (C=O) groups is 2. The Morgan fingerprint density at radius 3 is 2.50 bits per heavy atom. The molecule has 4 heteroatoms. The van der Waals surface area contributed by atoms with Gasteiger partial charge in [-0.15, -0.1) is 0 Å². The molecule has 2 aromatic rings. The minimum atomic E-state index is -0.464. The summed E-state index contributed by atoms with van der Waals surface area (Å²) in [6.07, 6.45) is 0.371. The second kappa shape index (κ2) is 7.50. The van der Waals surface area contributed by atoms with Gasteiger partial charge in [0.05, 0.1) is 5.92 Å². The van der Waals surface area contributed by atoms with Gasteiger partial charge in [-0.05, 0) is 24.1 Å². The topological polar surface area (TPSA) is 43.4 Å². The predicted molar refractivity (Wildman–Crippen MR) is 81.0 cm³/mol. The highest BCUT2D eigenvalue weighted by Gasteiger charge is 2.17. The molecule has 0 aliphatic carbocycles. The van der Waals surface area contributed by atoms with Crippen molar-refractivity contribution in [2.75, 3.05) is 6.61 Å². The van der Waals surface area contributed by atoms with Gasteiger partial charge in [0.2, 0.25) is 0 Å². The van der Waals surface area contributed by atoms with Gasteiger partial charge in [0, 0.05) is 5.56 Å². The van der Waals surface area contributed by atoms with Gasteiger partial charge < -0.3 is 4.74 Å². The highest BCUT2D eigenvalue weighted by atomic mass is 19.1. The number of benzene rings is 2. The van der Waals surface area contributed by atoms with Crippen molar-refractivity contribution in [2.45, 2.75) is 13.3 Å². The van der Waals surface area contributed by atoms with E-state index in [-0.39, 0.29) is 18.2 Å². The van der Waals surface area contributed by atoms with Crippen LogP contribution in [0.15, 0.2) is 54.6 Å². The van der Waals surface area contributed by atoms with Crippen LogP contribution in [-0.4, -0.2) is 18.4 Å². The Labute approximate surface area is 128 Å². The number of halogens is 1. The zero-order valence-corrected chi connectivity index (χ0v) is 12.3. The van der Waals surface area contributed by atoms with Crippen molar-refractivity contribution in [1.29, 1.82) is 0 Å². The second-order valence-electron chi connectivity index (χ2n) is 5.13. The summed E-state index contributed by atoms with van der Waals surface area (Å²) in [4.78, 5) is 23.7. The molecule has 0 radical (unpaired) electrons. The van der Waals surface area contributed by atoms with Crippen LogP contribution in [0.4, 0.5) is 4.39 Å². The van der Waals surface area contributed by atoms with Gasteiger partial charge in [0.15, 0.2) is 12.4 Å². The first-order chi connectivity index (χ1) is 10.6. The van der Waals surface area contributed by atoms with Crippen molar-refractivity contribution in [2.24, 2.45) is 5.92 Å².